The van der Waals surface area contributed by atoms with Crippen LogP contribution in [0.25, 0.3) is 11.4 Å². The van der Waals surface area contributed by atoms with Crippen LogP contribution in [-0.4, -0.2) is 20.3 Å². The molecule has 0 radical (unpaired) electrons. The summed E-state index contributed by atoms with van der Waals surface area (Å²) in [6, 6.07) is 7.27. The second-order valence-electron chi connectivity index (χ2n) is 6.04. The van der Waals surface area contributed by atoms with Crippen molar-refractivity contribution in [2.24, 2.45) is 5.73 Å². The molecule has 0 atom stereocenters. The molecule has 1 saturated carbocycles. The lowest BCUT2D eigenvalue weighted by Gasteiger charge is -2.34. The Hall–Kier alpha value is -2.25. The molecule has 3 aromatic rings. The normalized spacial score (nSPS) is 16.1. The Morgan fingerprint density at radius 3 is 2.33 bits per heavy atom. The highest BCUT2D eigenvalue weighted by molar-refractivity contribution is 6.30. The SMILES string of the molecule is NC1(c2noc(CCc3nc(-c4ccc(Cl)cc4)no3)n2)CCC1. The third kappa shape index (κ3) is 2.92. The standard InChI is InChI=1S/C16H16ClN5O2/c17-11-4-2-10(3-5-11)14-19-12(23-21-14)6-7-13-20-15(22-24-13)16(18)8-1-9-16/h2-5H,1,6-9,18H2. The second-order valence-corrected chi connectivity index (χ2v) is 6.48. The number of nitrogens with two attached hydrogens (primary N) is 1. The maximum atomic E-state index is 6.19. The van der Waals surface area contributed by atoms with E-state index < -0.39 is 5.54 Å². The van der Waals surface area contributed by atoms with Gasteiger partial charge in [-0.25, -0.2) is 0 Å². The van der Waals surface area contributed by atoms with Crippen LogP contribution in [0.3, 0.4) is 0 Å². The van der Waals surface area contributed by atoms with Gasteiger partial charge in [0.15, 0.2) is 5.82 Å². The lowest BCUT2D eigenvalue weighted by atomic mass is 9.77. The Labute approximate surface area is 143 Å². The van der Waals surface area contributed by atoms with Crippen molar-refractivity contribution in [3.8, 4) is 11.4 Å². The van der Waals surface area contributed by atoms with E-state index in [0.29, 0.717) is 41.3 Å². The highest BCUT2D eigenvalue weighted by atomic mass is 35.5. The Bertz CT molecular complexity index is 838. The summed E-state index contributed by atoms with van der Waals surface area (Å²) in [5, 5.41) is 8.64. The van der Waals surface area contributed by atoms with E-state index in [-0.39, 0.29) is 0 Å². The van der Waals surface area contributed by atoms with Crippen LogP contribution in [0.4, 0.5) is 0 Å². The second kappa shape index (κ2) is 5.99. The van der Waals surface area contributed by atoms with Crippen LogP contribution >= 0.6 is 11.6 Å². The van der Waals surface area contributed by atoms with Gasteiger partial charge in [0.05, 0.1) is 5.54 Å². The molecule has 0 spiro atoms. The summed E-state index contributed by atoms with van der Waals surface area (Å²) < 4.78 is 10.5. The maximum Gasteiger partial charge on any atom is 0.227 e. The number of rotatable bonds is 5. The minimum absolute atomic E-state index is 0.409. The Kier molecular flexibility index (Phi) is 3.82. The number of benzene rings is 1. The van der Waals surface area contributed by atoms with Gasteiger partial charge in [-0.2, -0.15) is 9.97 Å². The van der Waals surface area contributed by atoms with Gasteiger partial charge >= 0.3 is 0 Å². The molecule has 2 N–H and O–H groups in total. The average molecular weight is 346 g/mol. The van der Waals surface area contributed by atoms with E-state index in [1.807, 2.05) is 12.1 Å². The minimum atomic E-state index is -0.409. The number of halogens is 1. The molecular formula is C16H16ClN5O2. The van der Waals surface area contributed by atoms with Gasteiger partial charge in [-0.05, 0) is 43.5 Å². The lowest BCUT2D eigenvalue weighted by Crippen LogP contribution is -2.44. The summed E-state index contributed by atoms with van der Waals surface area (Å²) in [5.74, 6) is 2.18. The topological polar surface area (TPSA) is 104 Å². The van der Waals surface area contributed by atoms with E-state index in [9.17, 15) is 0 Å². The van der Waals surface area contributed by atoms with Crippen molar-refractivity contribution in [2.45, 2.75) is 37.6 Å². The van der Waals surface area contributed by atoms with E-state index in [4.69, 9.17) is 26.4 Å². The molecule has 1 fully saturated rings. The number of hydrogen-bond donors (Lipinski definition) is 1. The van der Waals surface area contributed by atoms with Gasteiger partial charge in [0, 0.05) is 23.4 Å². The Morgan fingerprint density at radius 1 is 1.00 bits per heavy atom. The highest BCUT2D eigenvalue weighted by Crippen LogP contribution is 2.36. The zero-order valence-corrected chi connectivity index (χ0v) is 13.7. The third-order valence-corrected chi connectivity index (χ3v) is 4.53. The molecule has 1 aliphatic rings. The largest absolute Gasteiger partial charge is 0.339 e. The molecule has 8 heteroatoms. The Balaban J connectivity index is 1.40. The Morgan fingerprint density at radius 2 is 1.67 bits per heavy atom. The fourth-order valence-corrected chi connectivity index (χ4v) is 2.75. The molecule has 7 nitrogen and oxygen atoms in total. The van der Waals surface area contributed by atoms with Gasteiger partial charge < -0.3 is 14.8 Å². The van der Waals surface area contributed by atoms with Crippen LogP contribution in [0, 0.1) is 0 Å². The van der Waals surface area contributed by atoms with Crippen molar-refractivity contribution >= 4 is 11.6 Å². The fourth-order valence-electron chi connectivity index (χ4n) is 2.63. The molecule has 0 amide bonds. The van der Waals surface area contributed by atoms with Crippen molar-refractivity contribution in [2.75, 3.05) is 0 Å². The predicted octanol–water partition coefficient (Wildman–Crippen LogP) is 2.90. The van der Waals surface area contributed by atoms with E-state index in [0.717, 1.165) is 24.8 Å². The van der Waals surface area contributed by atoms with E-state index in [1.165, 1.54) is 0 Å². The number of aromatic nitrogens is 4. The molecule has 2 heterocycles. The third-order valence-electron chi connectivity index (χ3n) is 4.28. The predicted molar refractivity (Wildman–Crippen MR) is 86.2 cm³/mol. The average Bonchev–Trinajstić information content (AvgIpc) is 3.21. The summed E-state index contributed by atoms with van der Waals surface area (Å²) in [7, 11) is 0. The molecule has 0 saturated heterocycles. The van der Waals surface area contributed by atoms with Crippen molar-refractivity contribution in [3.05, 3.63) is 46.9 Å². The first-order valence-electron chi connectivity index (χ1n) is 7.83. The first-order valence-corrected chi connectivity index (χ1v) is 8.21. The summed E-state index contributed by atoms with van der Waals surface area (Å²) in [6.45, 7) is 0. The van der Waals surface area contributed by atoms with Crippen molar-refractivity contribution < 1.29 is 9.05 Å². The van der Waals surface area contributed by atoms with E-state index in [2.05, 4.69) is 20.3 Å². The quantitative estimate of drug-likeness (QED) is 0.758. The van der Waals surface area contributed by atoms with Crippen LogP contribution in [0.15, 0.2) is 33.3 Å². The highest BCUT2D eigenvalue weighted by Gasteiger charge is 2.38. The molecule has 124 valence electrons. The van der Waals surface area contributed by atoms with Crippen LogP contribution in [-0.2, 0) is 18.4 Å². The molecule has 0 aliphatic heterocycles. The zero-order valence-electron chi connectivity index (χ0n) is 12.9. The molecule has 1 aliphatic carbocycles. The van der Waals surface area contributed by atoms with Gasteiger partial charge in [0.2, 0.25) is 17.6 Å². The first kappa shape index (κ1) is 15.3. The van der Waals surface area contributed by atoms with Gasteiger partial charge in [-0.15, -0.1) is 0 Å². The van der Waals surface area contributed by atoms with E-state index >= 15 is 0 Å². The van der Waals surface area contributed by atoms with Crippen molar-refractivity contribution in [3.63, 3.8) is 0 Å². The van der Waals surface area contributed by atoms with Crippen LogP contribution in [0.2, 0.25) is 5.02 Å². The summed E-state index contributed by atoms with van der Waals surface area (Å²) in [6.07, 6.45) is 3.97. The van der Waals surface area contributed by atoms with Gasteiger partial charge in [-0.3, -0.25) is 0 Å². The maximum absolute atomic E-state index is 6.19. The van der Waals surface area contributed by atoms with Crippen molar-refractivity contribution in [1.29, 1.82) is 0 Å². The molecule has 1 aromatic carbocycles. The smallest absolute Gasteiger partial charge is 0.227 e. The molecule has 2 aromatic heterocycles. The van der Waals surface area contributed by atoms with Gasteiger partial charge in [-0.1, -0.05) is 21.9 Å². The monoisotopic (exact) mass is 345 g/mol. The molecule has 0 bridgehead atoms. The van der Waals surface area contributed by atoms with E-state index in [1.54, 1.807) is 12.1 Å². The lowest BCUT2D eigenvalue weighted by molar-refractivity contribution is 0.229. The van der Waals surface area contributed by atoms with Crippen LogP contribution < -0.4 is 5.73 Å². The number of hydrogen-bond acceptors (Lipinski definition) is 7. The summed E-state index contributed by atoms with van der Waals surface area (Å²) in [4.78, 5) is 8.76. The number of nitrogens with zero attached hydrogens (tertiary/aromatic N) is 4. The van der Waals surface area contributed by atoms with Crippen LogP contribution in [0.5, 0.6) is 0 Å². The van der Waals surface area contributed by atoms with Gasteiger partial charge in [0.1, 0.15) is 0 Å². The molecular weight excluding hydrogens is 330 g/mol. The number of aryl methyl sites for hydroxylation is 2. The zero-order chi connectivity index (χ0) is 16.6. The van der Waals surface area contributed by atoms with Crippen molar-refractivity contribution in [1.82, 2.24) is 20.3 Å². The van der Waals surface area contributed by atoms with Crippen LogP contribution in [0.1, 0.15) is 36.9 Å². The summed E-state index contributed by atoms with van der Waals surface area (Å²) in [5.41, 5.74) is 6.63. The minimum Gasteiger partial charge on any atom is -0.339 e. The first-order chi connectivity index (χ1) is 11.6. The summed E-state index contributed by atoms with van der Waals surface area (Å²) >= 11 is 5.87. The molecule has 0 unspecified atom stereocenters. The molecule has 4 rings (SSSR count). The fraction of sp³-hybridized carbons (Fsp3) is 0.375. The van der Waals surface area contributed by atoms with Gasteiger partial charge in [0.25, 0.3) is 0 Å². The molecule has 24 heavy (non-hydrogen) atoms.